The number of fused-ring (bicyclic) bond motifs is 1. The van der Waals surface area contributed by atoms with E-state index in [1.807, 2.05) is 12.1 Å². The van der Waals surface area contributed by atoms with Crippen molar-refractivity contribution in [1.29, 1.82) is 0 Å². The van der Waals surface area contributed by atoms with Gasteiger partial charge in [-0.2, -0.15) is 0 Å². The van der Waals surface area contributed by atoms with Crippen LogP contribution in [0, 0.1) is 5.92 Å². The Labute approximate surface area is 167 Å². The van der Waals surface area contributed by atoms with E-state index in [0.717, 1.165) is 30.7 Å². The second-order valence-electron chi connectivity index (χ2n) is 7.09. The minimum atomic E-state index is -0.128. The molecule has 3 aromatic rings. The smallest absolute Gasteiger partial charge is 0.277 e. The zero-order valence-corrected chi connectivity index (χ0v) is 16.9. The van der Waals surface area contributed by atoms with Gasteiger partial charge in [0.05, 0.1) is 5.39 Å². The molecule has 148 valence electrons. The van der Waals surface area contributed by atoms with Gasteiger partial charge in [0, 0.05) is 19.4 Å². The third kappa shape index (κ3) is 5.41. The first-order valence-electron chi connectivity index (χ1n) is 9.47. The van der Waals surface area contributed by atoms with Gasteiger partial charge in [-0.3, -0.25) is 9.59 Å². The average molecular weight is 401 g/mol. The summed E-state index contributed by atoms with van der Waals surface area (Å²) in [5.74, 6) is 0.450. The first-order valence-corrected chi connectivity index (χ1v) is 10.3. The SMILES string of the molecule is CC(C)Cc1nnc(NC(=O)CCCCCn2nnc3ccccc3c2=O)s1. The molecule has 1 N–H and O–H groups in total. The van der Waals surface area contributed by atoms with E-state index in [1.54, 1.807) is 12.1 Å². The molecule has 0 aliphatic heterocycles. The Hall–Kier alpha value is -2.68. The van der Waals surface area contributed by atoms with Gasteiger partial charge >= 0.3 is 0 Å². The van der Waals surface area contributed by atoms with Gasteiger partial charge in [0.25, 0.3) is 5.56 Å². The van der Waals surface area contributed by atoms with E-state index >= 15 is 0 Å². The Morgan fingerprint density at radius 2 is 1.96 bits per heavy atom. The molecule has 2 heterocycles. The lowest BCUT2D eigenvalue weighted by molar-refractivity contribution is -0.116. The Bertz CT molecular complexity index is 997. The van der Waals surface area contributed by atoms with Crippen LogP contribution in [0.4, 0.5) is 5.13 Å². The molecule has 0 aliphatic rings. The summed E-state index contributed by atoms with van der Waals surface area (Å²) in [5, 5.41) is 21.0. The van der Waals surface area contributed by atoms with Crippen LogP contribution in [0.25, 0.3) is 10.9 Å². The molecule has 0 spiro atoms. The van der Waals surface area contributed by atoms with Crippen molar-refractivity contribution in [2.75, 3.05) is 5.32 Å². The van der Waals surface area contributed by atoms with Gasteiger partial charge < -0.3 is 5.32 Å². The Balaban J connectivity index is 1.40. The van der Waals surface area contributed by atoms with Gasteiger partial charge in [0.1, 0.15) is 10.5 Å². The summed E-state index contributed by atoms with van der Waals surface area (Å²) in [5.41, 5.74) is 0.477. The van der Waals surface area contributed by atoms with Crippen molar-refractivity contribution < 1.29 is 4.79 Å². The van der Waals surface area contributed by atoms with Crippen molar-refractivity contribution in [1.82, 2.24) is 25.2 Å². The lowest BCUT2D eigenvalue weighted by atomic mass is 10.1. The Morgan fingerprint density at radius 1 is 1.14 bits per heavy atom. The number of hydrogen-bond donors (Lipinski definition) is 1. The summed E-state index contributed by atoms with van der Waals surface area (Å²) >= 11 is 1.43. The third-order valence-corrected chi connectivity index (χ3v) is 5.06. The molecule has 0 radical (unpaired) electrons. The largest absolute Gasteiger partial charge is 0.301 e. The van der Waals surface area contributed by atoms with Crippen LogP contribution in [0.3, 0.4) is 0 Å². The number of nitrogens with zero attached hydrogens (tertiary/aromatic N) is 5. The fourth-order valence-corrected chi connectivity index (χ4v) is 3.78. The van der Waals surface area contributed by atoms with Gasteiger partial charge in [-0.1, -0.05) is 49.0 Å². The van der Waals surface area contributed by atoms with E-state index in [4.69, 9.17) is 0 Å². The van der Waals surface area contributed by atoms with Crippen LogP contribution in [0.2, 0.25) is 0 Å². The summed E-state index contributed by atoms with van der Waals surface area (Å²) in [4.78, 5) is 24.4. The number of hydrogen-bond acceptors (Lipinski definition) is 7. The zero-order valence-electron chi connectivity index (χ0n) is 16.1. The van der Waals surface area contributed by atoms with E-state index < -0.39 is 0 Å². The van der Waals surface area contributed by atoms with Gasteiger partial charge in [-0.15, -0.1) is 15.3 Å². The second-order valence-corrected chi connectivity index (χ2v) is 8.15. The van der Waals surface area contributed by atoms with Crippen LogP contribution in [0.1, 0.15) is 44.5 Å². The van der Waals surface area contributed by atoms with E-state index in [9.17, 15) is 9.59 Å². The van der Waals surface area contributed by atoms with Crippen LogP contribution in [-0.4, -0.2) is 31.1 Å². The molecule has 0 bridgehead atoms. The standard InChI is InChI=1S/C19H24N6O2S/c1-13(2)12-17-22-23-19(28-17)20-16(26)10-4-3-7-11-25-18(27)14-8-5-6-9-15(14)21-24-25/h5-6,8-9,13H,3-4,7,10-12H2,1-2H3,(H,20,23,26). The highest BCUT2D eigenvalue weighted by atomic mass is 32.1. The van der Waals surface area contributed by atoms with Crippen LogP contribution < -0.4 is 10.9 Å². The molecular weight excluding hydrogens is 376 g/mol. The van der Waals surface area contributed by atoms with Crippen LogP contribution in [-0.2, 0) is 17.8 Å². The predicted molar refractivity (Wildman–Crippen MR) is 109 cm³/mol. The van der Waals surface area contributed by atoms with E-state index in [-0.39, 0.29) is 11.5 Å². The van der Waals surface area contributed by atoms with Crippen LogP contribution in [0.15, 0.2) is 29.1 Å². The number of anilines is 1. The van der Waals surface area contributed by atoms with Gasteiger partial charge in [-0.05, 0) is 30.9 Å². The highest BCUT2D eigenvalue weighted by molar-refractivity contribution is 7.15. The molecule has 1 amide bonds. The molecule has 28 heavy (non-hydrogen) atoms. The lowest BCUT2D eigenvalue weighted by Gasteiger charge is -2.05. The fourth-order valence-electron chi connectivity index (χ4n) is 2.81. The van der Waals surface area contributed by atoms with Crippen molar-refractivity contribution in [2.45, 2.75) is 52.5 Å². The summed E-state index contributed by atoms with van der Waals surface area (Å²) in [6, 6.07) is 7.18. The molecule has 3 rings (SSSR count). The molecule has 0 aliphatic carbocycles. The molecule has 9 heteroatoms. The molecule has 0 saturated heterocycles. The highest BCUT2D eigenvalue weighted by Crippen LogP contribution is 2.18. The molecule has 0 fully saturated rings. The van der Waals surface area contributed by atoms with Crippen LogP contribution >= 0.6 is 11.3 Å². The maximum atomic E-state index is 12.4. The number of aryl methyl sites for hydroxylation is 1. The number of aromatic nitrogens is 5. The van der Waals surface area contributed by atoms with Crippen molar-refractivity contribution in [3.63, 3.8) is 0 Å². The number of nitrogens with one attached hydrogen (secondary N) is 1. The number of unbranched alkanes of at least 4 members (excludes halogenated alkanes) is 2. The molecule has 2 aromatic heterocycles. The third-order valence-electron chi connectivity index (χ3n) is 4.20. The van der Waals surface area contributed by atoms with Crippen LogP contribution in [0.5, 0.6) is 0 Å². The molecule has 8 nitrogen and oxygen atoms in total. The van der Waals surface area contributed by atoms with Crippen molar-refractivity contribution in [3.8, 4) is 0 Å². The number of benzene rings is 1. The molecule has 0 unspecified atom stereocenters. The van der Waals surface area contributed by atoms with Gasteiger partial charge in [0.15, 0.2) is 0 Å². The molecule has 0 atom stereocenters. The first kappa shape index (κ1) is 20.1. The number of amides is 1. The van der Waals surface area contributed by atoms with Gasteiger partial charge in [0.2, 0.25) is 11.0 Å². The van der Waals surface area contributed by atoms with E-state index in [0.29, 0.717) is 34.9 Å². The highest BCUT2D eigenvalue weighted by Gasteiger charge is 2.09. The fraction of sp³-hybridized carbons (Fsp3) is 0.474. The predicted octanol–water partition coefficient (Wildman–Crippen LogP) is 3.04. The molecule has 1 aromatic carbocycles. The maximum Gasteiger partial charge on any atom is 0.277 e. The number of rotatable bonds is 9. The average Bonchev–Trinajstić information content (AvgIpc) is 3.09. The van der Waals surface area contributed by atoms with E-state index in [2.05, 4.69) is 39.7 Å². The first-order chi connectivity index (χ1) is 13.5. The van der Waals surface area contributed by atoms with Gasteiger partial charge in [-0.25, -0.2) is 4.68 Å². The monoisotopic (exact) mass is 400 g/mol. The quantitative estimate of drug-likeness (QED) is 0.554. The number of carbonyl (C=O) groups is 1. The minimum Gasteiger partial charge on any atom is -0.301 e. The normalized spacial score (nSPS) is 11.2. The van der Waals surface area contributed by atoms with Crippen molar-refractivity contribution in [2.24, 2.45) is 5.92 Å². The topological polar surface area (TPSA) is 103 Å². The Morgan fingerprint density at radius 3 is 2.79 bits per heavy atom. The Kier molecular flexibility index (Phi) is 6.80. The maximum absolute atomic E-state index is 12.4. The minimum absolute atomic E-state index is 0.0603. The zero-order chi connectivity index (χ0) is 19.9. The molecular formula is C19H24N6O2S. The van der Waals surface area contributed by atoms with Crippen molar-refractivity contribution >= 4 is 33.3 Å². The summed E-state index contributed by atoms with van der Waals surface area (Å²) in [7, 11) is 0. The number of carbonyl (C=O) groups excluding carboxylic acids is 1. The molecule has 0 saturated carbocycles. The van der Waals surface area contributed by atoms with E-state index in [1.165, 1.54) is 16.0 Å². The summed E-state index contributed by atoms with van der Waals surface area (Å²) < 4.78 is 1.39. The van der Waals surface area contributed by atoms with Crippen molar-refractivity contribution in [3.05, 3.63) is 39.6 Å². The lowest BCUT2D eigenvalue weighted by Crippen LogP contribution is -2.24. The summed E-state index contributed by atoms with van der Waals surface area (Å²) in [6.45, 7) is 4.74. The second kappa shape index (κ2) is 9.50. The summed E-state index contributed by atoms with van der Waals surface area (Å²) in [6.07, 6.45) is 3.60.